The zero-order valence-electron chi connectivity index (χ0n) is 17.9. The third kappa shape index (κ3) is 7.80. The van der Waals surface area contributed by atoms with E-state index in [9.17, 15) is 14.7 Å². The average Bonchev–Trinajstić information content (AvgIpc) is 2.81. The van der Waals surface area contributed by atoms with Gasteiger partial charge in [-0.2, -0.15) is 0 Å². The summed E-state index contributed by atoms with van der Waals surface area (Å²) in [4.78, 5) is 23.5. The van der Waals surface area contributed by atoms with Crippen molar-refractivity contribution in [3.8, 4) is 5.75 Å². The number of rotatable bonds is 11. The highest BCUT2D eigenvalue weighted by Crippen LogP contribution is 2.18. The van der Waals surface area contributed by atoms with Gasteiger partial charge in [-0.3, -0.25) is 4.79 Å². The van der Waals surface area contributed by atoms with E-state index in [1.165, 1.54) is 0 Å². The largest absolute Gasteiger partial charge is 0.494 e. The lowest BCUT2D eigenvalue weighted by atomic mass is 9.92. The Morgan fingerprint density at radius 3 is 2.03 bits per heavy atom. The van der Waals surface area contributed by atoms with Gasteiger partial charge < -0.3 is 20.5 Å². The van der Waals surface area contributed by atoms with Crippen LogP contribution in [0.1, 0.15) is 17.5 Å². The number of benzene rings is 3. The number of carbonyl (C=O) groups excluding carboxylic acids is 1. The molecule has 3 aromatic rings. The molecule has 0 unspecified atom stereocenters. The van der Waals surface area contributed by atoms with E-state index in [-0.39, 0.29) is 6.03 Å². The van der Waals surface area contributed by atoms with Crippen molar-refractivity contribution in [2.75, 3.05) is 18.5 Å². The molecule has 3 rings (SSSR count). The summed E-state index contributed by atoms with van der Waals surface area (Å²) in [7, 11) is 0. The van der Waals surface area contributed by atoms with Crippen molar-refractivity contribution in [1.82, 2.24) is 5.32 Å². The molecule has 0 heterocycles. The molecule has 2 amide bonds. The molecule has 0 saturated heterocycles. The van der Waals surface area contributed by atoms with Crippen LogP contribution in [0, 0.1) is 5.92 Å². The van der Waals surface area contributed by atoms with Crippen molar-refractivity contribution >= 4 is 17.7 Å². The first-order valence-corrected chi connectivity index (χ1v) is 10.7. The number of carbonyl (C=O) groups is 2. The Bertz CT molecular complexity index is 976. The van der Waals surface area contributed by atoms with Crippen molar-refractivity contribution in [3.63, 3.8) is 0 Å². The molecule has 166 valence electrons. The Morgan fingerprint density at radius 1 is 0.812 bits per heavy atom. The van der Waals surface area contributed by atoms with Gasteiger partial charge in [-0.25, -0.2) is 4.79 Å². The molecule has 0 aliphatic rings. The monoisotopic (exact) mass is 432 g/mol. The van der Waals surface area contributed by atoms with Gasteiger partial charge in [0.2, 0.25) is 0 Å². The highest BCUT2D eigenvalue weighted by atomic mass is 16.5. The number of para-hydroxylation sites is 1. The van der Waals surface area contributed by atoms with Gasteiger partial charge in [0.1, 0.15) is 5.75 Å². The van der Waals surface area contributed by atoms with Crippen molar-refractivity contribution < 1.29 is 19.4 Å². The second-order valence-electron chi connectivity index (χ2n) is 7.52. The number of anilines is 1. The van der Waals surface area contributed by atoms with Crippen LogP contribution in [0.2, 0.25) is 0 Å². The molecule has 32 heavy (non-hydrogen) atoms. The van der Waals surface area contributed by atoms with E-state index in [2.05, 4.69) is 10.6 Å². The SMILES string of the molecule is O=C(NCCCOc1ccc(C[C@H](Cc2ccccc2)C(=O)O)cc1)Nc1ccccc1. The molecular formula is C26H28N2O4. The normalized spacial score (nSPS) is 11.4. The standard InChI is InChI=1S/C26H28N2O4/c29-25(30)22(18-20-8-3-1-4-9-20)19-21-12-14-24(15-13-21)32-17-7-16-27-26(31)28-23-10-5-2-6-11-23/h1-6,8-15,22H,7,16-19H2,(H,29,30)(H2,27,28,31)/t22-/m0/s1. The first kappa shape index (κ1) is 22.9. The molecule has 6 nitrogen and oxygen atoms in total. The number of nitrogens with one attached hydrogen (secondary N) is 2. The van der Waals surface area contributed by atoms with Gasteiger partial charge >= 0.3 is 12.0 Å². The number of amides is 2. The summed E-state index contributed by atoms with van der Waals surface area (Å²) in [5, 5.41) is 15.1. The first-order valence-electron chi connectivity index (χ1n) is 10.7. The lowest BCUT2D eigenvalue weighted by Crippen LogP contribution is -2.30. The Morgan fingerprint density at radius 2 is 1.41 bits per heavy atom. The molecular weight excluding hydrogens is 404 g/mol. The Hall–Kier alpha value is -3.80. The van der Waals surface area contributed by atoms with Gasteiger partial charge in [0.15, 0.2) is 0 Å². The van der Waals surface area contributed by atoms with Gasteiger partial charge in [-0.05, 0) is 54.7 Å². The lowest BCUT2D eigenvalue weighted by Gasteiger charge is -2.13. The molecule has 3 N–H and O–H groups in total. The maximum absolute atomic E-state index is 11.8. The molecule has 6 heteroatoms. The summed E-state index contributed by atoms with van der Waals surface area (Å²) in [6.07, 6.45) is 1.63. The fourth-order valence-electron chi connectivity index (χ4n) is 3.31. The third-order valence-electron chi connectivity index (χ3n) is 4.99. The fourth-order valence-corrected chi connectivity index (χ4v) is 3.31. The Balaban J connectivity index is 1.37. The minimum atomic E-state index is -0.794. The van der Waals surface area contributed by atoms with Crippen LogP contribution in [0.15, 0.2) is 84.9 Å². The highest BCUT2D eigenvalue weighted by molar-refractivity contribution is 5.89. The minimum Gasteiger partial charge on any atom is -0.494 e. The maximum Gasteiger partial charge on any atom is 0.319 e. The Kier molecular flexibility index (Phi) is 8.69. The van der Waals surface area contributed by atoms with Crippen LogP contribution < -0.4 is 15.4 Å². The van der Waals surface area contributed by atoms with Gasteiger partial charge in [0, 0.05) is 12.2 Å². The van der Waals surface area contributed by atoms with Gasteiger partial charge in [-0.1, -0.05) is 60.7 Å². The summed E-state index contributed by atoms with van der Waals surface area (Å²) < 4.78 is 5.72. The van der Waals surface area contributed by atoms with E-state index >= 15 is 0 Å². The van der Waals surface area contributed by atoms with E-state index in [1.807, 2.05) is 84.9 Å². The second-order valence-corrected chi connectivity index (χ2v) is 7.52. The Labute approximate surface area is 188 Å². The van der Waals surface area contributed by atoms with Crippen molar-refractivity contribution in [2.45, 2.75) is 19.3 Å². The van der Waals surface area contributed by atoms with Crippen molar-refractivity contribution in [1.29, 1.82) is 0 Å². The smallest absolute Gasteiger partial charge is 0.319 e. The molecule has 0 spiro atoms. The average molecular weight is 433 g/mol. The summed E-state index contributed by atoms with van der Waals surface area (Å²) in [6.45, 7) is 0.966. The van der Waals surface area contributed by atoms with Crippen molar-refractivity contribution in [2.24, 2.45) is 5.92 Å². The van der Waals surface area contributed by atoms with Crippen LogP contribution in [-0.2, 0) is 17.6 Å². The van der Waals surface area contributed by atoms with Crippen LogP contribution in [0.3, 0.4) is 0 Å². The van der Waals surface area contributed by atoms with Crippen molar-refractivity contribution in [3.05, 3.63) is 96.1 Å². The number of hydrogen-bond donors (Lipinski definition) is 3. The molecule has 0 radical (unpaired) electrons. The van der Waals surface area contributed by atoms with E-state index in [0.717, 1.165) is 22.6 Å². The number of aliphatic carboxylic acids is 1. The second kappa shape index (κ2) is 12.2. The first-order chi connectivity index (χ1) is 15.6. The number of hydrogen-bond acceptors (Lipinski definition) is 3. The molecule has 0 aliphatic heterocycles. The predicted molar refractivity (Wildman–Crippen MR) is 125 cm³/mol. The quantitative estimate of drug-likeness (QED) is 0.381. The third-order valence-corrected chi connectivity index (χ3v) is 4.99. The lowest BCUT2D eigenvalue weighted by molar-refractivity contribution is -0.141. The molecule has 0 bridgehead atoms. The molecule has 3 aromatic carbocycles. The van der Waals surface area contributed by atoms with E-state index in [4.69, 9.17) is 4.74 Å². The topological polar surface area (TPSA) is 87.7 Å². The number of carboxylic acids is 1. The zero-order chi connectivity index (χ0) is 22.6. The molecule has 0 aliphatic carbocycles. The van der Waals surface area contributed by atoms with E-state index in [1.54, 1.807) is 0 Å². The van der Waals surface area contributed by atoms with Gasteiger partial charge in [0.05, 0.1) is 12.5 Å². The number of ether oxygens (including phenoxy) is 1. The molecule has 0 saturated carbocycles. The summed E-state index contributed by atoms with van der Waals surface area (Å²) in [5.74, 6) is -0.548. The van der Waals surface area contributed by atoms with E-state index in [0.29, 0.717) is 32.4 Å². The molecule has 1 atom stereocenters. The summed E-state index contributed by atoms with van der Waals surface area (Å²) in [6, 6.07) is 26.2. The van der Waals surface area contributed by atoms with E-state index < -0.39 is 11.9 Å². The predicted octanol–water partition coefficient (Wildman–Crippen LogP) is 4.76. The van der Waals surface area contributed by atoms with Crippen LogP contribution in [0.5, 0.6) is 5.75 Å². The summed E-state index contributed by atoms with van der Waals surface area (Å²) >= 11 is 0. The zero-order valence-corrected chi connectivity index (χ0v) is 17.9. The van der Waals surface area contributed by atoms with Crippen LogP contribution in [0.25, 0.3) is 0 Å². The summed E-state index contributed by atoms with van der Waals surface area (Å²) in [5.41, 5.74) is 2.72. The van der Waals surface area contributed by atoms with Gasteiger partial charge in [0.25, 0.3) is 0 Å². The number of urea groups is 1. The molecule has 0 fully saturated rings. The van der Waals surface area contributed by atoms with Crippen LogP contribution >= 0.6 is 0 Å². The van der Waals surface area contributed by atoms with Crippen LogP contribution in [0.4, 0.5) is 10.5 Å². The molecule has 0 aromatic heterocycles. The highest BCUT2D eigenvalue weighted by Gasteiger charge is 2.18. The van der Waals surface area contributed by atoms with Crippen LogP contribution in [-0.4, -0.2) is 30.3 Å². The minimum absolute atomic E-state index is 0.246. The number of carboxylic acid groups (broad SMARTS) is 1. The maximum atomic E-state index is 11.8. The van der Waals surface area contributed by atoms with Gasteiger partial charge in [-0.15, -0.1) is 0 Å². The fraction of sp³-hybridized carbons (Fsp3) is 0.231.